The number of hydrogen-bond acceptors (Lipinski definition) is 5. The second-order valence-electron chi connectivity index (χ2n) is 6.45. The Balaban J connectivity index is 1.71. The first-order valence-electron chi connectivity index (χ1n) is 8.59. The molecule has 26 heavy (non-hydrogen) atoms. The zero-order valence-electron chi connectivity index (χ0n) is 14.9. The van der Waals surface area contributed by atoms with Crippen molar-refractivity contribution in [3.63, 3.8) is 0 Å². The van der Waals surface area contributed by atoms with Crippen molar-refractivity contribution in [2.45, 2.75) is 25.6 Å². The predicted octanol–water partition coefficient (Wildman–Crippen LogP) is 2.67. The van der Waals surface area contributed by atoms with Gasteiger partial charge in [-0.1, -0.05) is 30.3 Å². The van der Waals surface area contributed by atoms with Crippen molar-refractivity contribution in [1.82, 2.24) is 14.9 Å². The lowest BCUT2D eigenvalue weighted by Crippen LogP contribution is -2.45. The molecule has 0 saturated heterocycles. The van der Waals surface area contributed by atoms with Gasteiger partial charge in [0.1, 0.15) is 11.8 Å². The minimum Gasteiger partial charge on any atom is -0.496 e. The van der Waals surface area contributed by atoms with Crippen LogP contribution in [0.25, 0.3) is 10.8 Å². The van der Waals surface area contributed by atoms with E-state index in [4.69, 9.17) is 9.47 Å². The fraction of sp³-hybridized carbons (Fsp3) is 0.300. The summed E-state index contributed by atoms with van der Waals surface area (Å²) in [6.07, 6.45) is 2.24. The number of aromatic amines is 1. The summed E-state index contributed by atoms with van der Waals surface area (Å²) in [4.78, 5) is 22.0. The summed E-state index contributed by atoms with van der Waals surface area (Å²) in [5.41, 5.74) is 3.15. The number of H-pyrrole nitrogens is 1. The molecule has 0 unspecified atom stereocenters. The van der Waals surface area contributed by atoms with Gasteiger partial charge < -0.3 is 14.5 Å². The number of fused-ring (bicyclic) bond motifs is 2. The molecule has 0 aliphatic carbocycles. The van der Waals surface area contributed by atoms with Crippen molar-refractivity contribution in [1.29, 1.82) is 0 Å². The first kappa shape index (κ1) is 16.6. The van der Waals surface area contributed by atoms with Crippen molar-refractivity contribution in [2.75, 3.05) is 14.2 Å². The molecule has 0 radical (unpaired) electrons. The fourth-order valence-corrected chi connectivity index (χ4v) is 3.69. The van der Waals surface area contributed by atoms with Crippen molar-refractivity contribution >= 4 is 16.7 Å². The second kappa shape index (κ2) is 6.80. The average molecular weight is 351 g/mol. The second-order valence-corrected chi connectivity index (χ2v) is 6.45. The minimum absolute atomic E-state index is 0.225. The first-order valence-corrected chi connectivity index (χ1v) is 8.59. The number of carbonyl (C=O) groups excluding carboxylic acids is 1. The number of methoxy groups -OCH3 is 2. The highest BCUT2D eigenvalue weighted by Crippen LogP contribution is 2.31. The van der Waals surface area contributed by atoms with E-state index in [0.29, 0.717) is 19.5 Å². The third kappa shape index (κ3) is 2.82. The molecular weight excluding hydrogens is 330 g/mol. The molecule has 6 nitrogen and oxygen atoms in total. The van der Waals surface area contributed by atoms with Crippen LogP contribution in [0.2, 0.25) is 0 Å². The molecular formula is C20H21N3O3. The molecule has 0 saturated carbocycles. The molecule has 1 N–H and O–H groups in total. The van der Waals surface area contributed by atoms with Gasteiger partial charge in [0, 0.05) is 24.9 Å². The van der Waals surface area contributed by atoms with Crippen molar-refractivity contribution in [3.8, 4) is 5.75 Å². The predicted molar refractivity (Wildman–Crippen MR) is 97.8 cm³/mol. The first-order chi connectivity index (χ1) is 12.7. The maximum atomic E-state index is 12.3. The Morgan fingerprint density at radius 2 is 2.04 bits per heavy atom. The zero-order chi connectivity index (χ0) is 18.1. The third-order valence-corrected chi connectivity index (χ3v) is 5.04. The van der Waals surface area contributed by atoms with Crippen LogP contribution in [-0.2, 0) is 29.0 Å². The van der Waals surface area contributed by atoms with Gasteiger partial charge in [0.25, 0.3) is 0 Å². The van der Waals surface area contributed by atoms with Gasteiger partial charge >= 0.3 is 5.97 Å². The third-order valence-electron chi connectivity index (χ3n) is 5.04. The summed E-state index contributed by atoms with van der Waals surface area (Å²) < 4.78 is 10.5. The number of benzene rings is 2. The zero-order valence-corrected chi connectivity index (χ0v) is 14.9. The van der Waals surface area contributed by atoms with E-state index in [1.54, 1.807) is 13.4 Å². The lowest BCUT2D eigenvalue weighted by Gasteiger charge is -2.33. The van der Waals surface area contributed by atoms with Crippen molar-refractivity contribution in [2.24, 2.45) is 0 Å². The Kier molecular flexibility index (Phi) is 4.34. The Bertz CT molecular complexity index is 950. The summed E-state index contributed by atoms with van der Waals surface area (Å²) in [6, 6.07) is 11.9. The van der Waals surface area contributed by atoms with E-state index >= 15 is 0 Å². The van der Waals surface area contributed by atoms with Crippen LogP contribution >= 0.6 is 0 Å². The van der Waals surface area contributed by atoms with Gasteiger partial charge in [0.05, 0.1) is 31.9 Å². The van der Waals surface area contributed by atoms with E-state index in [2.05, 4.69) is 33.1 Å². The highest BCUT2D eigenvalue weighted by molar-refractivity contribution is 5.91. The van der Waals surface area contributed by atoms with Crippen LogP contribution in [0.4, 0.5) is 0 Å². The Hall–Kier alpha value is -2.86. The molecule has 1 aliphatic rings. The highest BCUT2D eigenvalue weighted by Gasteiger charge is 2.34. The summed E-state index contributed by atoms with van der Waals surface area (Å²) in [6.45, 7) is 1.28. The smallest absolute Gasteiger partial charge is 0.323 e. The molecule has 0 spiro atoms. The maximum Gasteiger partial charge on any atom is 0.323 e. The molecule has 0 bridgehead atoms. The van der Waals surface area contributed by atoms with Crippen LogP contribution in [0.15, 0.2) is 42.7 Å². The van der Waals surface area contributed by atoms with Crippen LogP contribution in [-0.4, -0.2) is 41.1 Å². The molecule has 3 aromatic rings. The molecule has 0 fully saturated rings. The molecule has 4 rings (SSSR count). The molecule has 2 heterocycles. The molecule has 0 amide bonds. The Morgan fingerprint density at radius 1 is 1.23 bits per heavy atom. The average Bonchev–Trinajstić information content (AvgIpc) is 3.14. The van der Waals surface area contributed by atoms with Gasteiger partial charge in [-0.25, -0.2) is 4.98 Å². The molecule has 6 heteroatoms. The number of carbonyl (C=O) groups is 1. The fourth-order valence-electron chi connectivity index (χ4n) is 3.69. The van der Waals surface area contributed by atoms with Crippen LogP contribution in [0.3, 0.4) is 0 Å². The number of aromatic nitrogens is 2. The largest absolute Gasteiger partial charge is 0.496 e. The number of imidazole rings is 1. The van der Waals surface area contributed by atoms with Gasteiger partial charge in [-0.2, -0.15) is 0 Å². The van der Waals surface area contributed by atoms with E-state index in [1.165, 1.54) is 7.11 Å². The minimum atomic E-state index is -0.336. The molecule has 134 valence electrons. The van der Waals surface area contributed by atoms with Gasteiger partial charge in [-0.05, 0) is 17.0 Å². The summed E-state index contributed by atoms with van der Waals surface area (Å²) in [5, 5.41) is 2.20. The SMILES string of the molecule is COC(=O)[C@@H]1Cc2nc[nH]c2CN1Cc1ccc(OC)c2ccccc12. The highest BCUT2D eigenvalue weighted by atomic mass is 16.5. The summed E-state index contributed by atoms with van der Waals surface area (Å²) in [7, 11) is 3.11. The molecule has 1 aliphatic heterocycles. The molecule has 2 aromatic carbocycles. The number of rotatable bonds is 4. The number of hydrogen-bond donors (Lipinski definition) is 1. The monoisotopic (exact) mass is 351 g/mol. The van der Waals surface area contributed by atoms with Crippen molar-refractivity contribution in [3.05, 3.63) is 59.7 Å². The van der Waals surface area contributed by atoms with Crippen LogP contribution in [0, 0.1) is 0 Å². The summed E-state index contributed by atoms with van der Waals surface area (Å²) in [5.74, 6) is 0.625. The van der Waals surface area contributed by atoms with Crippen LogP contribution in [0.5, 0.6) is 5.75 Å². The maximum absolute atomic E-state index is 12.3. The molecule has 1 atom stereocenters. The Morgan fingerprint density at radius 3 is 2.81 bits per heavy atom. The number of ether oxygens (including phenoxy) is 2. The van der Waals surface area contributed by atoms with Crippen LogP contribution in [0.1, 0.15) is 17.0 Å². The van der Waals surface area contributed by atoms with Gasteiger partial charge in [-0.3, -0.25) is 9.69 Å². The van der Waals surface area contributed by atoms with E-state index in [1.807, 2.05) is 18.2 Å². The van der Waals surface area contributed by atoms with Crippen molar-refractivity contribution < 1.29 is 14.3 Å². The summed E-state index contributed by atoms with van der Waals surface area (Å²) >= 11 is 0. The van der Waals surface area contributed by atoms with Gasteiger partial charge in [0.2, 0.25) is 0 Å². The number of esters is 1. The number of nitrogens with zero attached hydrogens (tertiary/aromatic N) is 2. The quantitative estimate of drug-likeness (QED) is 0.732. The topological polar surface area (TPSA) is 67.5 Å². The number of nitrogens with one attached hydrogen (secondary N) is 1. The van der Waals surface area contributed by atoms with E-state index in [0.717, 1.165) is 33.5 Å². The lowest BCUT2D eigenvalue weighted by atomic mass is 9.99. The van der Waals surface area contributed by atoms with Gasteiger partial charge in [-0.15, -0.1) is 0 Å². The Labute approximate surface area is 151 Å². The van der Waals surface area contributed by atoms with E-state index in [9.17, 15) is 4.79 Å². The lowest BCUT2D eigenvalue weighted by molar-refractivity contribution is -0.148. The van der Waals surface area contributed by atoms with E-state index in [-0.39, 0.29) is 12.0 Å². The van der Waals surface area contributed by atoms with Gasteiger partial charge in [0.15, 0.2) is 0 Å². The van der Waals surface area contributed by atoms with Crippen LogP contribution < -0.4 is 4.74 Å². The normalized spacial score (nSPS) is 17.1. The molecule has 1 aromatic heterocycles. The standard InChI is InChI=1S/C20H21N3O3/c1-25-19-8-7-13(14-5-3-4-6-15(14)19)10-23-11-17-16(21-12-22-17)9-18(23)20(24)26-2/h3-8,12,18H,9-11H2,1-2H3,(H,21,22)/t18-/m0/s1. The van der Waals surface area contributed by atoms with E-state index < -0.39 is 0 Å².